The maximum absolute atomic E-state index is 5.90. The van der Waals surface area contributed by atoms with Gasteiger partial charge in [0.15, 0.2) is 5.96 Å². The number of anilines is 1. The fourth-order valence-corrected chi connectivity index (χ4v) is 2.06. The number of nitrogens with two attached hydrogens (primary N) is 1. The molecule has 1 aromatic heterocycles. The van der Waals surface area contributed by atoms with E-state index in [0.29, 0.717) is 12.5 Å². The average molecular weight is 272 g/mol. The number of hydrogen-bond acceptors (Lipinski definition) is 3. The summed E-state index contributed by atoms with van der Waals surface area (Å²) in [5.41, 5.74) is 9.21. The molecule has 0 aliphatic carbocycles. The molecule has 0 aliphatic rings. The monoisotopic (exact) mass is 272 g/mol. The Hall–Kier alpha value is -2.37. The van der Waals surface area contributed by atoms with Crippen LogP contribution < -0.4 is 11.1 Å². The zero-order chi connectivity index (χ0) is 14.5. The van der Waals surface area contributed by atoms with Gasteiger partial charge in [-0.1, -0.05) is 6.07 Å². The van der Waals surface area contributed by atoms with Gasteiger partial charge in [-0.15, -0.1) is 0 Å². The van der Waals surface area contributed by atoms with Crippen LogP contribution in [0.15, 0.2) is 29.5 Å². The van der Waals surface area contributed by atoms with E-state index in [9.17, 15) is 0 Å². The van der Waals surface area contributed by atoms with Crippen LogP contribution in [0, 0.1) is 13.8 Å². The molecule has 0 bridgehead atoms. The van der Waals surface area contributed by atoms with Gasteiger partial charge in [0.2, 0.25) is 0 Å². The summed E-state index contributed by atoms with van der Waals surface area (Å²) in [6.45, 7) is 7.30. The second-order valence-electron chi connectivity index (χ2n) is 4.69. The van der Waals surface area contributed by atoms with Gasteiger partial charge in [0, 0.05) is 12.2 Å². The van der Waals surface area contributed by atoms with Crippen molar-refractivity contribution in [1.29, 1.82) is 0 Å². The lowest BCUT2D eigenvalue weighted by molar-refractivity contribution is 0.616. The molecule has 3 N–H and O–H groups in total. The minimum absolute atomic E-state index is 0.376. The molecule has 0 amide bonds. The number of hydrogen-bond donors (Lipinski definition) is 2. The lowest BCUT2D eigenvalue weighted by atomic mass is 10.1. The number of aromatic nitrogens is 3. The van der Waals surface area contributed by atoms with Crippen molar-refractivity contribution >= 4 is 11.6 Å². The first-order valence-electron chi connectivity index (χ1n) is 6.60. The molecule has 0 atom stereocenters. The Morgan fingerprint density at radius 3 is 2.65 bits per heavy atom. The molecular formula is C14H20N6. The Bertz CT molecular complexity index is 594. The topological polar surface area (TPSA) is 81.1 Å². The van der Waals surface area contributed by atoms with Crippen LogP contribution in [0.25, 0.3) is 0 Å². The van der Waals surface area contributed by atoms with E-state index >= 15 is 0 Å². The molecule has 1 aromatic carbocycles. The first kappa shape index (κ1) is 14.0. The van der Waals surface area contributed by atoms with Crippen molar-refractivity contribution in [2.75, 3.05) is 5.32 Å². The summed E-state index contributed by atoms with van der Waals surface area (Å²) in [6.07, 6.45) is 1.53. The Kier molecular flexibility index (Phi) is 4.34. The first-order chi connectivity index (χ1) is 9.58. The SMILES string of the molecule is CCn1ncnc1CN=C(N)Nc1cc(C)cc(C)c1. The number of aryl methyl sites for hydroxylation is 3. The van der Waals surface area contributed by atoms with Crippen LogP contribution in [0.4, 0.5) is 5.69 Å². The molecule has 20 heavy (non-hydrogen) atoms. The smallest absolute Gasteiger partial charge is 0.193 e. The average Bonchev–Trinajstić information content (AvgIpc) is 2.82. The van der Waals surface area contributed by atoms with Crippen LogP contribution in [-0.4, -0.2) is 20.7 Å². The van der Waals surface area contributed by atoms with Crippen molar-refractivity contribution in [2.45, 2.75) is 33.9 Å². The molecule has 0 saturated carbocycles. The highest BCUT2D eigenvalue weighted by molar-refractivity contribution is 5.92. The fourth-order valence-electron chi connectivity index (χ4n) is 2.06. The van der Waals surface area contributed by atoms with Crippen LogP contribution >= 0.6 is 0 Å². The largest absolute Gasteiger partial charge is 0.370 e. The van der Waals surface area contributed by atoms with Crippen LogP contribution in [0.2, 0.25) is 0 Å². The van der Waals surface area contributed by atoms with Gasteiger partial charge in [0.25, 0.3) is 0 Å². The van der Waals surface area contributed by atoms with Crippen molar-refractivity contribution in [3.8, 4) is 0 Å². The minimum atomic E-state index is 0.376. The summed E-state index contributed by atoms with van der Waals surface area (Å²) in [5, 5.41) is 7.19. The molecule has 0 fully saturated rings. The Labute approximate surface area is 118 Å². The van der Waals surface area contributed by atoms with Crippen molar-refractivity contribution in [3.63, 3.8) is 0 Å². The number of rotatable bonds is 4. The zero-order valence-corrected chi connectivity index (χ0v) is 12.1. The minimum Gasteiger partial charge on any atom is -0.370 e. The van der Waals surface area contributed by atoms with E-state index in [1.165, 1.54) is 17.5 Å². The van der Waals surface area contributed by atoms with Crippen molar-refractivity contribution in [2.24, 2.45) is 10.7 Å². The van der Waals surface area contributed by atoms with Crippen molar-refractivity contribution in [1.82, 2.24) is 14.8 Å². The normalized spacial score (nSPS) is 11.7. The van der Waals surface area contributed by atoms with Crippen LogP contribution in [0.5, 0.6) is 0 Å². The maximum atomic E-state index is 5.90. The molecule has 6 heteroatoms. The molecule has 0 saturated heterocycles. The molecular weight excluding hydrogens is 252 g/mol. The quantitative estimate of drug-likeness (QED) is 0.657. The van der Waals surface area contributed by atoms with Crippen molar-refractivity contribution < 1.29 is 0 Å². The summed E-state index contributed by atoms with van der Waals surface area (Å²) in [6, 6.07) is 6.18. The number of benzene rings is 1. The predicted molar refractivity (Wildman–Crippen MR) is 80.6 cm³/mol. The third kappa shape index (κ3) is 3.57. The number of nitrogens with zero attached hydrogens (tertiary/aromatic N) is 4. The highest BCUT2D eigenvalue weighted by Crippen LogP contribution is 2.13. The second kappa shape index (κ2) is 6.18. The number of aliphatic imine (C=N–C) groups is 1. The van der Waals surface area contributed by atoms with Gasteiger partial charge in [-0.3, -0.25) is 0 Å². The third-order valence-corrected chi connectivity index (χ3v) is 2.88. The molecule has 0 radical (unpaired) electrons. The molecule has 2 rings (SSSR count). The highest BCUT2D eigenvalue weighted by atomic mass is 15.3. The van der Waals surface area contributed by atoms with E-state index in [-0.39, 0.29) is 0 Å². The Balaban J connectivity index is 2.04. The lowest BCUT2D eigenvalue weighted by Gasteiger charge is -2.08. The van der Waals surface area contributed by atoms with Gasteiger partial charge in [0.1, 0.15) is 18.7 Å². The van der Waals surface area contributed by atoms with Crippen LogP contribution in [0.3, 0.4) is 0 Å². The standard InChI is InChI=1S/C14H20N6/c1-4-20-13(17-9-18-20)8-16-14(15)19-12-6-10(2)5-11(3)7-12/h5-7,9H,4,8H2,1-3H3,(H3,15,16,19). The molecule has 0 unspecified atom stereocenters. The van der Waals surface area contributed by atoms with Gasteiger partial charge < -0.3 is 11.1 Å². The predicted octanol–water partition coefficient (Wildman–Crippen LogP) is 1.84. The number of guanidine groups is 1. The maximum Gasteiger partial charge on any atom is 0.193 e. The van der Waals surface area contributed by atoms with E-state index in [1.54, 1.807) is 4.68 Å². The van der Waals surface area contributed by atoms with E-state index in [0.717, 1.165) is 18.1 Å². The van der Waals surface area contributed by atoms with E-state index in [1.807, 2.05) is 19.1 Å². The molecule has 6 nitrogen and oxygen atoms in total. The molecule has 106 valence electrons. The summed E-state index contributed by atoms with van der Waals surface area (Å²) >= 11 is 0. The molecule has 0 aliphatic heterocycles. The van der Waals surface area contributed by atoms with Gasteiger partial charge in [0.05, 0.1) is 0 Å². The Morgan fingerprint density at radius 1 is 1.30 bits per heavy atom. The van der Waals surface area contributed by atoms with Gasteiger partial charge >= 0.3 is 0 Å². The number of nitrogens with one attached hydrogen (secondary N) is 1. The summed E-state index contributed by atoms with van der Waals surface area (Å²) in [4.78, 5) is 8.45. The van der Waals surface area contributed by atoms with Crippen molar-refractivity contribution in [3.05, 3.63) is 41.5 Å². The summed E-state index contributed by atoms with van der Waals surface area (Å²) in [7, 11) is 0. The fraction of sp³-hybridized carbons (Fsp3) is 0.357. The lowest BCUT2D eigenvalue weighted by Crippen LogP contribution is -2.23. The summed E-state index contributed by atoms with van der Waals surface area (Å²) < 4.78 is 1.80. The van der Waals surface area contributed by atoms with Gasteiger partial charge in [-0.25, -0.2) is 14.7 Å². The van der Waals surface area contributed by atoms with E-state index in [4.69, 9.17) is 5.73 Å². The van der Waals surface area contributed by atoms with E-state index < -0.39 is 0 Å². The van der Waals surface area contributed by atoms with Gasteiger partial charge in [-0.2, -0.15) is 5.10 Å². The van der Waals surface area contributed by atoms with Crippen LogP contribution in [0.1, 0.15) is 23.9 Å². The first-order valence-corrected chi connectivity index (χ1v) is 6.60. The highest BCUT2D eigenvalue weighted by Gasteiger charge is 2.02. The molecule has 1 heterocycles. The molecule has 2 aromatic rings. The van der Waals surface area contributed by atoms with Gasteiger partial charge in [-0.05, 0) is 44.0 Å². The third-order valence-electron chi connectivity index (χ3n) is 2.88. The zero-order valence-electron chi connectivity index (χ0n) is 12.1. The summed E-state index contributed by atoms with van der Waals surface area (Å²) in [5.74, 6) is 1.18. The second-order valence-corrected chi connectivity index (χ2v) is 4.69. The van der Waals surface area contributed by atoms with E-state index in [2.05, 4.69) is 40.3 Å². The molecule has 0 spiro atoms. The Morgan fingerprint density at radius 2 is 2.00 bits per heavy atom. The van der Waals surface area contributed by atoms with Crippen LogP contribution in [-0.2, 0) is 13.1 Å².